The van der Waals surface area contributed by atoms with E-state index < -0.39 is 16.1 Å². The molecule has 34 heavy (non-hydrogen) atoms. The van der Waals surface area contributed by atoms with Crippen LogP contribution in [0.3, 0.4) is 0 Å². The van der Waals surface area contributed by atoms with Crippen molar-refractivity contribution in [2.45, 2.75) is 32.2 Å². The van der Waals surface area contributed by atoms with E-state index in [4.69, 9.17) is 0 Å². The van der Waals surface area contributed by atoms with Gasteiger partial charge in [-0.3, -0.25) is 0 Å². The number of nitrogens with one attached hydrogen (secondary N) is 3. The fourth-order valence-electron chi connectivity index (χ4n) is 3.45. The van der Waals surface area contributed by atoms with Gasteiger partial charge in [0.2, 0.25) is 10.0 Å². The molecule has 178 valence electrons. The first-order chi connectivity index (χ1) is 16.0. The summed E-state index contributed by atoms with van der Waals surface area (Å²) in [4.78, 5) is 12.4. The Balaban J connectivity index is 1.65. The van der Waals surface area contributed by atoms with Gasteiger partial charge < -0.3 is 10.6 Å². The zero-order valence-corrected chi connectivity index (χ0v) is 20.7. The Hall–Kier alpha value is -3.34. The van der Waals surface area contributed by atoms with Crippen LogP contribution >= 0.6 is 0 Å². The van der Waals surface area contributed by atoms with Crippen molar-refractivity contribution < 1.29 is 13.2 Å². The summed E-state index contributed by atoms with van der Waals surface area (Å²) in [5.41, 5.74) is 3.64. The van der Waals surface area contributed by atoms with Crippen molar-refractivity contribution in [3.63, 3.8) is 0 Å². The van der Waals surface area contributed by atoms with Crippen LogP contribution in [0.4, 0.5) is 10.5 Å². The van der Waals surface area contributed by atoms with E-state index in [2.05, 4.69) is 48.0 Å². The maximum atomic E-state index is 12.4. The van der Waals surface area contributed by atoms with Crippen molar-refractivity contribution in [2.75, 3.05) is 18.1 Å². The largest absolute Gasteiger partial charge is 0.334 e. The summed E-state index contributed by atoms with van der Waals surface area (Å²) >= 11 is 0. The van der Waals surface area contributed by atoms with Crippen LogP contribution in [0.5, 0.6) is 0 Å². The van der Waals surface area contributed by atoms with Gasteiger partial charge >= 0.3 is 6.03 Å². The monoisotopic (exact) mass is 477 g/mol. The normalized spacial score (nSPS) is 17.8. The van der Waals surface area contributed by atoms with Gasteiger partial charge in [0, 0.05) is 17.8 Å². The molecule has 2 aromatic rings. The Kier molecular flexibility index (Phi) is 7.98. The molecule has 0 bridgehead atoms. The molecule has 2 atom stereocenters. The lowest BCUT2D eigenvalue weighted by Crippen LogP contribution is -2.39. The van der Waals surface area contributed by atoms with Gasteiger partial charge in [0.15, 0.2) is 0 Å². The smallest absolute Gasteiger partial charge is 0.319 e. The highest BCUT2D eigenvalue weighted by Gasteiger charge is 2.22. The molecule has 2 aromatic carbocycles. The summed E-state index contributed by atoms with van der Waals surface area (Å²) in [6.07, 6.45) is 6.59. The highest BCUT2D eigenvalue weighted by atomic mass is 32.2. The molecule has 0 saturated heterocycles. The second-order valence-electron chi connectivity index (χ2n) is 9.31. The van der Waals surface area contributed by atoms with Crippen LogP contribution in [0.1, 0.15) is 31.9 Å². The van der Waals surface area contributed by atoms with E-state index in [9.17, 15) is 13.2 Å². The van der Waals surface area contributed by atoms with Crippen LogP contribution in [-0.2, 0) is 15.4 Å². The number of carbonyl (C=O) groups is 1. The van der Waals surface area contributed by atoms with Crippen molar-refractivity contribution in [3.05, 3.63) is 89.5 Å². The Labute approximate surface area is 202 Å². The van der Waals surface area contributed by atoms with Gasteiger partial charge in [-0.05, 0) is 40.8 Å². The molecule has 2 unspecified atom stereocenters. The number of sulfonamides is 1. The van der Waals surface area contributed by atoms with E-state index in [-0.39, 0.29) is 23.9 Å². The van der Waals surface area contributed by atoms with E-state index in [0.717, 1.165) is 17.4 Å². The Morgan fingerprint density at radius 3 is 2.32 bits per heavy atom. The van der Waals surface area contributed by atoms with Crippen molar-refractivity contribution in [3.8, 4) is 11.8 Å². The van der Waals surface area contributed by atoms with Gasteiger partial charge in [-0.1, -0.05) is 81.2 Å². The zero-order chi connectivity index (χ0) is 24.8. The topological polar surface area (TPSA) is 87.3 Å². The molecule has 0 radical (unpaired) electrons. The molecule has 0 fully saturated rings. The zero-order valence-electron chi connectivity index (χ0n) is 19.9. The SMILES string of the molecule is CC(C)(C)c1ccc(NC(=O)NCC2=CC(C#Cc3ccccc3)C(NS(C)(=O)=O)C=C2)cc1. The number of hydrogen-bond donors (Lipinski definition) is 3. The number of amides is 2. The predicted molar refractivity (Wildman–Crippen MR) is 138 cm³/mol. The highest BCUT2D eigenvalue weighted by molar-refractivity contribution is 7.88. The number of carbonyl (C=O) groups excluding carboxylic acids is 1. The summed E-state index contributed by atoms with van der Waals surface area (Å²) in [7, 11) is -3.41. The number of anilines is 1. The maximum Gasteiger partial charge on any atom is 0.319 e. The summed E-state index contributed by atoms with van der Waals surface area (Å²) in [5, 5.41) is 5.68. The summed E-state index contributed by atoms with van der Waals surface area (Å²) in [6.45, 7) is 6.71. The number of hydrogen-bond acceptors (Lipinski definition) is 3. The molecule has 0 aromatic heterocycles. The van der Waals surface area contributed by atoms with Crippen LogP contribution in [0.2, 0.25) is 0 Å². The minimum atomic E-state index is -3.41. The molecule has 7 heteroatoms. The molecule has 1 aliphatic rings. The van der Waals surface area contributed by atoms with Crippen LogP contribution in [0.15, 0.2) is 78.4 Å². The summed E-state index contributed by atoms with van der Waals surface area (Å²) in [6, 6.07) is 16.5. The lowest BCUT2D eigenvalue weighted by atomic mass is 9.87. The fraction of sp³-hybridized carbons (Fsp3) is 0.296. The summed E-state index contributed by atoms with van der Waals surface area (Å²) < 4.78 is 26.2. The molecule has 3 N–H and O–H groups in total. The fourth-order valence-corrected chi connectivity index (χ4v) is 4.16. The Bertz CT molecular complexity index is 1230. The number of urea groups is 1. The van der Waals surface area contributed by atoms with Crippen molar-refractivity contribution in [1.29, 1.82) is 0 Å². The quantitative estimate of drug-likeness (QED) is 0.565. The molecule has 0 saturated carbocycles. The van der Waals surface area contributed by atoms with Crippen LogP contribution in [0.25, 0.3) is 0 Å². The van der Waals surface area contributed by atoms with Gasteiger partial charge in [-0.2, -0.15) is 0 Å². The van der Waals surface area contributed by atoms with Crippen molar-refractivity contribution in [2.24, 2.45) is 5.92 Å². The van der Waals surface area contributed by atoms with E-state index in [0.29, 0.717) is 5.69 Å². The van der Waals surface area contributed by atoms with E-state index in [1.807, 2.05) is 66.7 Å². The van der Waals surface area contributed by atoms with Crippen LogP contribution in [-0.4, -0.2) is 33.3 Å². The van der Waals surface area contributed by atoms with Gasteiger partial charge in [-0.15, -0.1) is 0 Å². The molecule has 6 nitrogen and oxygen atoms in total. The van der Waals surface area contributed by atoms with Gasteiger partial charge in [0.1, 0.15) is 0 Å². The molecular weight excluding hydrogens is 446 g/mol. The Morgan fingerprint density at radius 1 is 1.03 bits per heavy atom. The van der Waals surface area contributed by atoms with E-state index in [1.165, 1.54) is 5.56 Å². The Morgan fingerprint density at radius 2 is 1.71 bits per heavy atom. The predicted octanol–water partition coefficient (Wildman–Crippen LogP) is 4.19. The molecule has 2 amide bonds. The number of benzene rings is 2. The average molecular weight is 478 g/mol. The van der Waals surface area contributed by atoms with Crippen LogP contribution < -0.4 is 15.4 Å². The molecule has 0 aliphatic heterocycles. The van der Waals surface area contributed by atoms with E-state index >= 15 is 0 Å². The van der Waals surface area contributed by atoms with Gasteiger partial charge in [0.05, 0.1) is 18.2 Å². The molecule has 0 spiro atoms. The standard InChI is InChI=1S/C27H31N3O3S/c1-27(2,3)23-13-15-24(16-14-23)29-26(31)28-19-21-11-17-25(30-34(4,32)33)22(18-21)12-10-20-8-6-5-7-9-20/h5-9,11,13-18,22,25,30H,19H2,1-4H3,(H2,28,29,31). The molecule has 0 heterocycles. The minimum absolute atomic E-state index is 0.0460. The summed E-state index contributed by atoms with van der Waals surface area (Å²) in [5.74, 6) is 5.88. The molecule has 1 aliphatic carbocycles. The third-order valence-corrected chi connectivity index (χ3v) is 5.97. The first-order valence-electron chi connectivity index (χ1n) is 11.1. The van der Waals surface area contributed by atoms with Gasteiger partial charge in [-0.25, -0.2) is 17.9 Å². The second-order valence-corrected chi connectivity index (χ2v) is 11.1. The maximum absolute atomic E-state index is 12.4. The van der Waals surface area contributed by atoms with Gasteiger partial charge in [0.25, 0.3) is 0 Å². The second kappa shape index (κ2) is 10.7. The first kappa shape index (κ1) is 25.3. The average Bonchev–Trinajstić information content (AvgIpc) is 2.77. The minimum Gasteiger partial charge on any atom is -0.334 e. The molecule has 3 rings (SSSR count). The highest BCUT2D eigenvalue weighted by Crippen LogP contribution is 2.23. The first-order valence-corrected chi connectivity index (χ1v) is 13.0. The lowest BCUT2D eigenvalue weighted by Gasteiger charge is -2.23. The molecular formula is C27H31N3O3S. The van der Waals surface area contributed by atoms with Crippen molar-refractivity contribution in [1.82, 2.24) is 10.0 Å². The van der Waals surface area contributed by atoms with Crippen molar-refractivity contribution >= 4 is 21.7 Å². The van der Waals surface area contributed by atoms with Crippen LogP contribution in [0, 0.1) is 17.8 Å². The van der Waals surface area contributed by atoms with E-state index in [1.54, 1.807) is 6.08 Å². The lowest BCUT2D eigenvalue weighted by molar-refractivity contribution is 0.253. The third kappa shape index (κ3) is 7.91. The third-order valence-electron chi connectivity index (χ3n) is 5.27. The number of rotatable bonds is 5.